The van der Waals surface area contributed by atoms with Crippen molar-refractivity contribution in [1.82, 2.24) is 9.55 Å². The number of aromatic nitrogens is 2. The smallest absolute Gasteiger partial charge is 0.227 e. The highest BCUT2D eigenvalue weighted by Gasteiger charge is 2.34. The zero-order valence-electron chi connectivity index (χ0n) is 17.4. The third-order valence-electron chi connectivity index (χ3n) is 5.98. The number of fused-ring (bicyclic) bond motifs is 1. The van der Waals surface area contributed by atoms with Crippen LogP contribution in [0.2, 0.25) is 0 Å². The van der Waals surface area contributed by atoms with E-state index in [9.17, 15) is 4.79 Å². The van der Waals surface area contributed by atoms with Gasteiger partial charge < -0.3 is 9.47 Å². The van der Waals surface area contributed by atoms with Crippen LogP contribution in [0.3, 0.4) is 0 Å². The van der Waals surface area contributed by atoms with E-state index in [0.717, 1.165) is 23.6 Å². The number of hydrogen-bond donors (Lipinski definition) is 0. The lowest BCUT2D eigenvalue weighted by Crippen LogP contribution is -2.24. The number of anilines is 1. The molecule has 4 nitrogen and oxygen atoms in total. The molecule has 1 fully saturated rings. The lowest BCUT2D eigenvalue weighted by atomic mass is 10.1. The molecular weight excluding hydrogens is 358 g/mol. The van der Waals surface area contributed by atoms with Gasteiger partial charge in [-0.15, -0.1) is 0 Å². The van der Waals surface area contributed by atoms with Crippen molar-refractivity contribution in [2.75, 3.05) is 11.4 Å². The number of carbonyl (C=O) groups excluding carboxylic acids is 1. The van der Waals surface area contributed by atoms with Crippen molar-refractivity contribution >= 4 is 22.6 Å². The number of aryl methyl sites for hydroxylation is 1. The van der Waals surface area contributed by atoms with E-state index >= 15 is 0 Å². The minimum Gasteiger partial charge on any atom is -0.328 e. The molecule has 3 aromatic rings. The van der Waals surface area contributed by atoms with Crippen LogP contribution in [-0.2, 0) is 11.3 Å². The second-order valence-electron chi connectivity index (χ2n) is 8.12. The van der Waals surface area contributed by atoms with Gasteiger partial charge in [0.15, 0.2) is 0 Å². The summed E-state index contributed by atoms with van der Waals surface area (Å²) in [6, 6.07) is 18.4. The number of para-hydroxylation sites is 3. The molecule has 1 unspecified atom stereocenters. The number of carbonyl (C=O) groups is 1. The van der Waals surface area contributed by atoms with Crippen LogP contribution < -0.4 is 4.90 Å². The molecule has 29 heavy (non-hydrogen) atoms. The molecule has 1 aliphatic rings. The Balaban J connectivity index is 1.53. The Morgan fingerprint density at radius 2 is 1.66 bits per heavy atom. The largest absolute Gasteiger partial charge is 0.328 e. The van der Waals surface area contributed by atoms with Crippen molar-refractivity contribution < 1.29 is 4.79 Å². The molecule has 152 valence electrons. The molecule has 0 saturated carbocycles. The first-order valence-electron chi connectivity index (χ1n) is 11.1. The van der Waals surface area contributed by atoms with Gasteiger partial charge in [-0.3, -0.25) is 4.79 Å². The first kappa shape index (κ1) is 19.7. The molecule has 1 aromatic heterocycles. The van der Waals surface area contributed by atoms with E-state index in [-0.39, 0.29) is 11.8 Å². The molecule has 1 aliphatic heterocycles. The van der Waals surface area contributed by atoms with Gasteiger partial charge in [-0.1, -0.05) is 69.4 Å². The summed E-state index contributed by atoms with van der Waals surface area (Å²) >= 11 is 0. The van der Waals surface area contributed by atoms with Crippen LogP contribution in [-0.4, -0.2) is 22.0 Å². The lowest BCUT2D eigenvalue weighted by Gasteiger charge is -2.17. The van der Waals surface area contributed by atoms with Crippen molar-refractivity contribution in [2.24, 2.45) is 0 Å². The van der Waals surface area contributed by atoms with E-state index in [2.05, 4.69) is 29.7 Å². The maximum Gasteiger partial charge on any atom is 0.227 e. The van der Waals surface area contributed by atoms with E-state index in [1.54, 1.807) is 0 Å². The summed E-state index contributed by atoms with van der Waals surface area (Å²) in [5.74, 6) is 1.42. The predicted octanol–water partition coefficient (Wildman–Crippen LogP) is 5.92. The van der Waals surface area contributed by atoms with Crippen LogP contribution >= 0.6 is 0 Å². The van der Waals surface area contributed by atoms with Gasteiger partial charge in [0.25, 0.3) is 0 Å². The highest BCUT2D eigenvalue weighted by Crippen LogP contribution is 2.33. The normalized spacial score (nSPS) is 16.8. The SMILES string of the molecule is CCCCCCCCn1c(C2CC(=O)N(c3ccccc3)C2)nc2ccccc21. The Kier molecular flexibility index (Phi) is 6.28. The first-order chi connectivity index (χ1) is 14.3. The Morgan fingerprint density at radius 1 is 0.931 bits per heavy atom. The summed E-state index contributed by atoms with van der Waals surface area (Å²) < 4.78 is 2.38. The fraction of sp³-hybridized carbons (Fsp3) is 0.440. The predicted molar refractivity (Wildman–Crippen MR) is 119 cm³/mol. The van der Waals surface area contributed by atoms with Crippen LogP contribution in [0.4, 0.5) is 5.69 Å². The molecule has 4 heteroatoms. The van der Waals surface area contributed by atoms with E-state index < -0.39 is 0 Å². The first-order valence-corrected chi connectivity index (χ1v) is 11.1. The number of rotatable bonds is 9. The minimum atomic E-state index is 0.148. The molecule has 0 N–H and O–H groups in total. The number of amides is 1. The average Bonchev–Trinajstić information content (AvgIpc) is 3.32. The third-order valence-corrected chi connectivity index (χ3v) is 5.98. The number of hydrogen-bond acceptors (Lipinski definition) is 2. The van der Waals surface area contributed by atoms with Crippen LogP contribution in [0.5, 0.6) is 0 Å². The van der Waals surface area contributed by atoms with E-state index in [0.29, 0.717) is 13.0 Å². The summed E-state index contributed by atoms with van der Waals surface area (Å²) in [7, 11) is 0. The minimum absolute atomic E-state index is 0.148. The summed E-state index contributed by atoms with van der Waals surface area (Å²) in [5, 5.41) is 0. The molecule has 0 spiro atoms. The van der Waals surface area contributed by atoms with Crippen molar-refractivity contribution in [3.8, 4) is 0 Å². The van der Waals surface area contributed by atoms with Gasteiger partial charge in [0.1, 0.15) is 5.82 Å². The van der Waals surface area contributed by atoms with Gasteiger partial charge in [0, 0.05) is 31.1 Å². The molecular formula is C25H31N3O. The summed E-state index contributed by atoms with van der Waals surface area (Å²) in [6.45, 7) is 3.95. The highest BCUT2D eigenvalue weighted by atomic mass is 16.2. The van der Waals surface area contributed by atoms with E-state index in [4.69, 9.17) is 4.98 Å². The molecule has 1 atom stereocenters. The molecule has 2 heterocycles. The topological polar surface area (TPSA) is 38.1 Å². The van der Waals surface area contributed by atoms with Crippen LogP contribution in [0.15, 0.2) is 54.6 Å². The van der Waals surface area contributed by atoms with Crippen LogP contribution in [0, 0.1) is 0 Å². The average molecular weight is 390 g/mol. The zero-order chi connectivity index (χ0) is 20.1. The summed E-state index contributed by atoms with van der Waals surface area (Å²) in [5.41, 5.74) is 3.22. The Hall–Kier alpha value is -2.62. The number of imidazole rings is 1. The standard InChI is InChI=1S/C25H31N3O/c1-2-3-4-5-6-12-17-27-23-16-11-10-15-22(23)26-25(27)20-18-24(29)28(19-20)21-13-8-7-9-14-21/h7-11,13-16,20H,2-6,12,17-19H2,1H3. The maximum absolute atomic E-state index is 12.7. The molecule has 1 amide bonds. The highest BCUT2D eigenvalue weighted by molar-refractivity contribution is 5.96. The number of nitrogens with zero attached hydrogens (tertiary/aromatic N) is 3. The summed E-state index contributed by atoms with van der Waals surface area (Å²) in [4.78, 5) is 19.6. The van der Waals surface area contributed by atoms with Crippen molar-refractivity contribution in [3.05, 3.63) is 60.4 Å². The summed E-state index contributed by atoms with van der Waals surface area (Å²) in [6.07, 6.45) is 8.21. The van der Waals surface area contributed by atoms with Crippen molar-refractivity contribution in [1.29, 1.82) is 0 Å². The molecule has 2 aromatic carbocycles. The van der Waals surface area contributed by atoms with Gasteiger partial charge in [-0.05, 0) is 30.7 Å². The van der Waals surface area contributed by atoms with Gasteiger partial charge in [0.05, 0.1) is 11.0 Å². The third kappa shape index (κ3) is 4.36. The number of unbranched alkanes of at least 4 members (excludes halogenated alkanes) is 5. The second-order valence-corrected chi connectivity index (χ2v) is 8.12. The van der Waals surface area contributed by atoms with Gasteiger partial charge >= 0.3 is 0 Å². The van der Waals surface area contributed by atoms with Gasteiger partial charge in [-0.2, -0.15) is 0 Å². The maximum atomic E-state index is 12.7. The Bertz CT molecular complexity index is 947. The zero-order valence-corrected chi connectivity index (χ0v) is 17.4. The molecule has 1 saturated heterocycles. The van der Waals surface area contributed by atoms with E-state index in [1.807, 2.05) is 41.3 Å². The van der Waals surface area contributed by atoms with E-state index in [1.165, 1.54) is 44.0 Å². The van der Waals surface area contributed by atoms with Gasteiger partial charge in [-0.25, -0.2) is 4.98 Å². The van der Waals surface area contributed by atoms with Crippen molar-refractivity contribution in [3.63, 3.8) is 0 Å². The second kappa shape index (κ2) is 9.25. The fourth-order valence-corrected chi connectivity index (χ4v) is 4.43. The molecule has 0 radical (unpaired) electrons. The fourth-order valence-electron chi connectivity index (χ4n) is 4.43. The van der Waals surface area contributed by atoms with Crippen molar-refractivity contribution in [2.45, 2.75) is 64.3 Å². The Labute approximate surface area is 173 Å². The molecule has 0 bridgehead atoms. The monoisotopic (exact) mass is 389 g/mol. The lowest BCUT2D eigenvalue weighted by molar-refractivity contribution is -0.117. The number of benzene rings is 2. The Morgan fingerprint density at radius 3 is 2.48 bits per heavy atom. The van der Waals surface area contributed by atoms with Gasteiger partial charge in [0.2, 0.25) is 5.91 Å². The van der Waals surface area contributed by atoms with Crippen LogP contribution in [0.1, 0.15) is 63.6 Å². The quantitative estimate of drug-likeness (QED) is 0.426. The molecule has 0 aliphatic carbocycles. The molecule has 4 rings (SSSR count). The van der Waals surface area contributed by atoms with Crippen LogP contribution in [0.25, 0.3) is 11.0 Å².